The van der Waals surface area contributed by atoms with Crippen LogP contribution >= 0.6 is 0 Å². The number of hydrogen-bond acceptors (Lipinski definition) is 3. The van der Waals surface area contributed by atoms with Gasteiger partial charge in [0.2, 0.25) is 0 Å². The Hall–Kier alpha value is -2.90. The predicted octanol–water partition coefficient (Wildman–Crippen LogP) is 3.56. The maximum atomic E-state index is 12.1. The highest BCUT2D eigenvalue weighted by Gasteiger charge is 2.30. The van der Waals surface area contributed by atoms with E-state index in [4.69, 9.17) is 10.5 Å². The minimum atomic E-state index is -4.71. The standard InChI is InChI=1S/C17H18F3N3O2/c1-24-14-6-2-12(3-7-14)10-11-22-16(21)23-13-4-8-15(9-5-13)25-17(18,19)20/h2-9H,10-11H2,1H3,(H3,21,22,23). The van der Waals surface area contributed by atoms with Crippen LogP contribution in [0, 0.1) is 0 Å². The number of anilines is 1. The Morgan fingerprint density at radius 1 is 1.04 bits per heavy atom. The number of hydrogen-bond donors (Lipinski definition) is 2. The molecule has 0 fully saturated rings. The summed E-state index contributed by atoms with van der Waals surface area (Å²) < 4.78 is 45.1. The third-order valence-electron chi connectivity index (χ3n) is 3.20. The second-order valence-corrected chi connectivity index (χ2v) is 5.06. The Kier molecular flexibility index (Phi) is 6.10. The van der Waals surface area contributed by atoms with Gasteiger partial charge in [0.25, 0.3) is 0 Å². The zero-order valence-electron chi connectivity index (χ0n) is 13.5. The number of rotatable bonds is 6. The number of guanidine groups is 1. The van der Waals surface area contributed by atoms with Gasteiger partial charge in [-0.05, 0) is 48.4 Å². The first-order chi connectivity index (χ1) is 11.9. The quantitative estimate of drug-likeness (QED) is 0.615. The molecule has 2 rings (SSSR count). The van der Waals surface area contributed by atoms with E-state index in [0.717, 1.165) is 11.3 Å². The maximum Gasteiger partial charge on any atom is 0.573 e. The van der Waals surface area contributed by atoms with Gasteiger partial charge in [-0.25, -0.2) is 0 Å². The van der Waals surface area contributed by atoms with Crippen molar-refractivity contribution in [3.63, 3.8) is 0 Å². The first kappa shape index (κ1) is 18.4. The average Bonchev–Trinajstić information content (AvgIpc) is 2.56. The fourth-order valence-electron chi connectivity index (χ4n) is 2.03. The van der Waals surface area contributed by atoms with E-state index in [-0.39, 0.29) is 11.7 Å². The SMILES string of the molecule is COc1ccc(CCN=C(N)Nc2ccc(OC(F)(F)F)cc2)cc1. The zero-order valence-corrected chi connectivity index (χ0v) is 13.5. The topological polar surface area (TPSA) is 68.9 Å². The van der Waals surface area contributed by atoms with Gasteiger partial charge in [-0.2, -0.15) is 0 Å². The van der Waals surface area contributed by atoms with Gasteiger partial charge in [0.1, 0.15) is 11.5 Å². The zero-order chi connectivity index (χ0) is 18.3. The van der Waals surface area contributed by atoms with Crippen molar-refractivity contribution in [2.75, 3.05) is 19.0 Å². The van der Waals surface area contributed by atoms with Gasteiger partial charge in [-0.15, -0.1) is 13.2 Å². The number of benzene rings is 2. The molecule has 0 atom stereocenters. The summed E-state index contributed by atoms with van der Waals surface area (Å²) in [6.07, 6.45) is -4.01. The molecule has 0 bridgehead atoms. The highest BCUT2D eigenvalue weighted by Crippen LogP contribution is 2.23. The highest BCUT2D eigenvalue weighted by molar-refractivity contribution is 5.92. The fourth-order valence-corrected chi connectivity index (χ4v) is 2.03. The van der Waals surface area contributed by atoms with Crippen LogP contribution in [0.5, 0.6) is 11.5 Å². The van der Waals surface area contributed by atoms with Crippen LogP contribution in [0.2, 0.25) is 0 Å². The van der Waals surface area contributed by atoms with Crippen molar-refractivity contribution in [3.8, 4) is 11.5 Å². The van der Waals surface area contributed by atoms with Gasteiger partial charge >= 0.3 is 6.36 Å². The summed E-state index contributed by atoms with van der Waals surface area (Å²) in [7, 11) is 1.60. The van der Waals surface area contributed by atoms with Gasteiger partial charge < -0.3 is 20.5 Å². The molecule has 0 aliphatic heterocycles. The van der Waals surface area contributed by atoms with E-state index in [2.05, 4.69) is 15.0 Å². The van der Waals surface area contributed by atoms with E-state index in [1.807, 2.05) is 24.3 Å². The Morgan fingerprint density at radius 2 is 1.64 bits per heavy atom. The molecule has 0 heterocycles. The number of nitrogens with two attached hydrogens (primary N) is 1. The van der Waals surface area contributed by atoms with Crippen molar-refractivity contribution in [2.24, 2.45) is 10.7 Å². The summed E-state index contributed by atoms with van der Waals surface area (Å²) in [6, 6.07) is 12.9. The number of aliphatic imine (C=N–C) groups is 1. The summed E-state index contributed by atoms with van der Waals surface area (Å²) in [5, 5.41) is 2.81. The third-order valence-corrected chi connectivity index (χ3v) is 3.20. The van der Waals surface area contributed by atoms with E-state index in [1.165, 1.54) is 24.3 Å². The second-order valence-electron chi connectivity index (χ2n) is 5.06. The molecule has 25 heavy (non-hydrogen) atoms. The smallest absolute Gasteiger partial charge is 0.497 e. The van der Waals surface area contributed by atoms with E-state index >= 15 is 0 Å². The summed E-state index contributed by atoms with van der Waals surface area (Å²) in [6.45, 7) is 0.473. The molecule has 8 heteroatoms. The number of ether oxygens (including phenoxy) is 2. The van der Waals surface area contributed by atoms with Crippen molar-refractivity contribution in [3.05, 3.63) is 54.1 Å². The molecule has 0 aliphatic rings. The molecule has 0 amide bonds. The minimum Gasteiger partial charge on any atom is -0.497 e. The van der Waals surface area contributed by atoms with E-state index in [0.29, 0.717) is 18.7 Å². The Bertz CT molecular complexity index is 699. The van der Waals surface area contributed by atoms with Crippen LogP contribution < -0.4 is 20.5 Å². The van der Waals surface area contributed by atoms with Crippen molar-refractivity contribution < 1.29 is 22.6 Å². The van der Waals surface area contributed by atoms with Crippen molar-refractivity contribution in [2.45, 2.75) is 12.8 Å². The molecule has 3 N–H and O–H groups in total. The molecule has 0 aromatic heterocycles. The number of methoxy groups -OCH3 is 1. The molecule has 0 spiro atoms. The van der Waals surface area contributed by atoms with E-state index < -0.39 is 6.36 Å². The highest BCUT2D eigenvalue weighted by atomic mass is 19.4. The second kappa shape index (κ2) is 8.27. The molecule has 0 saturated carbocycles. The molecule has 0 saturated heterocycles. The van der Waals surface area contributed by atoms with Crippen LogP contribution in [0.25, 0.3) is 0 Å². The van der Waals surface area contributed by atoms with Crippen molar-refractivity contribution in [1.29, 1.82) is 0 Å². The molecule has 0 aliphatic carbocycles. The first-order valence-electron chi connectivity index (χ1n) is 7.41. The van der Waals surface area contributed by atoms with Crippen LogP contribution in [0.3, 0.4) is 0 Å². The molecule has 5 nitrogen and oxygen atoms in total. The fraction of sp³-hybridized carbons (Fsp3) is 0.235. The van der Waals surface area contributed by atoms with Crippen molar-refractivity contribution in [1.82, 2.24) is 0 Å². The molecule has 0 unspecified atom stereocenters. The van der Waals surface area contributed by atoms with Gasteiger partial charge in [-0.3, -0.25) is 4.99 Å². The molecule has 0 radical (unpaired) electrons. The molecule has 2 aromatic rings. The Labute approximate surface area is 143 Å². The molecule has 134 valence electrons. The molecule has 2 aromatic carbocycles. The van der Waals surface area contributed by atoms with Crippen molar-refractivity contribution >= 4 is 11.6 Å². The van der Waals surface area contributed by atoms with Crippen LogP contribution in [-0.4, -0.2) is 26.0 Å². The summed E-state index contributed by atoms with van der Waals surface area (Å²) in [5.41, 5.74) is 7.37. The van der Waals surface area contributed by atoms with Crippen LogP contribution in [0.15, 0.2) is 53.5 Å². The van der Waals surface area contributed by atoms with Crippen LogP contribution in [0.4, 0.5) is 18.9 Å². The van der Waals surface area contributed by atoms with Gasteiger partial charge in [-0.1, -0.05) is 12.1 Å². The Morgan fingerprint density at radius 3 is 2.20 bits per heavy atom. The van der Waals surface area contributed by atoms with E-state index in [1.54, 1.807) is 7.11 Å². The number of nitrogens with zero attached hydrogens (tertiary/aromatic N) is 1. The predicted molar refractivity (Wildman–Crippen MR) is 89.9 cm³/mol. The summed E-state index contributed by atoms with van der Waals surface area (Å²) in [4.78, 5) is 4.18. The number of nitrogens with one attached hydrogen (secondary N) is 1. The first-order valence-corrected chi connectivity index (χ1v) is 7.41. The van der Waals surface area contributed by atoms with Crippen LogP contribution in [-0.2, 0) is 6.42 Å². The van der Waals surface area contributed by atoms with Gasteiger partial charge in [0.05, 0.1) is 7.11 Å². The largest absolute Gasteiger partial charge is 0.573 e. The lowest BCUT2D eigenvalue weighted by molar-refractivity contribution is -0.274. The lowest BCUT2D eigenvalue weighted by Crippen LogP contribution is -2.23. The average molecular weight is 353 g/mol. The van der Waals surface area contributed by atoms with Gasteiger partial charge in [0, 0.05) is 12.2 Å². The van der Waals surface area contributed by atoms with Gasteiger partial charge in [0.15, 0.2) is 5.96 Å². The third kappa shape index (κ3) is 6.62. The summed E-state index contributed by atoms with van der Waals surface area (Å²) in [5.74, 6) is 0.664. The summed E-state index contributed by atoms with van der Waals surface area (Å²) >= 11 is 0. The van der Waals surface area contributed by atoms with E-state index in [9.17, 15) is 13.2 Å². The monoisotopic (exact) mass is 353 g/mol. The molecular weight excluding hydrogens is 335 g/mol. The maximum absolute atomic E-state index is 12.1. The minimum absolute atomic E-state index is 0.179. The lowest BCUT2D eigenvalue weighted by Gasteiger charge is -2.10. The Balaban J connectivity index is 1.83. The number of halogens is 3. The molecular formula is C17H18F3N3O2. The lowest BCUT2D eigenvalue weighted by atomic mass is 10.1. The normalized spacial score (nSPS) is 11.9. The van der Waals surface area contributed by atoms with Crippen LogP contribution in [0.1, 0.15) is 5.56 Å². The number of alkyl halides is 3.